The molecule has 0 heterocycles. The smallest absolute Gasteiger partial charge is 0.0684 e. The Hall–Kier alpha value is 0.420. The third-order valence-corrected chi connectivity index (χ3v) is 3.29. The molecule has 0 radical (unpaired) electrons. The van der Waals surface area contributed by atoms with Crippen LogP contribution in [0.5, 0.6) is 0 Å². The molecule has 0 aliphatic carbocycles. The molecule has 0 saturated carbocycles. The van der Waals surface area contributed by atoms with Gasteiger partial charge in [0.15, 0.2) is 0 Å². The first kappa shape index (κ1) is 12.5. The fourth-order valence-electron chi connectivity index (χ4n) is 0.961. The van der Waals surface area contributed by atoms with Crippen LogP contribution in [0.3, 0.4) is 0 Å². The van der Waals surface area contributed by atoms with Gasteiger partial charge in [-0.2, -0.15) is 0 Å². The second kappa shape index (κ2) is 5.49. The van der Waals surface area contributed by atoms with Gasteiger partial charge in [0.1, 0.15) is 0 Å². The molecule has 0 aliphatic heterocycles. The largest absolute Gasteiger partial charge is 0.392 e. The van der Waals surface area contributed by atoms with Crippen molar-refractivity contribution in [3.8, 4) is 0 Å². The highest BCUT2D eigenvalue weighted by Gasteiger charge is 2.06. The molecule has 2 nitrogen and oxygen atoms in total. The average Bonchev–Trinajstić information content (AvgIpc) is 2.01. The molecule has 0 amide bonds. The number of anilines is 1. The van der Waals surface area contributed by atoms with E-state index < -0.39 is 0 Å². The number of hydrogen-bond donors (Lipinski definition) is 2. The standard InChI is InChI=1S/C9H10Br3NO/c1-5(14)4-13-9-7(11)2-6(10)3-8(9)12/h2-3,5,13-14H,4H2,1H3. The summed E-state index contributed by atoms with van der Waals surface area (Å²) >= 11 is 10.3. The first-order valence-corrected chi connectivity index (χ1v) is 6.45. The topological polar surface area (TPSA) is 32.3 Å². The number of halogens is 3. The summed E-state index contributed by atoms with van der Waals surface area (Å²) in [5, 5.41) is 12.3. The lowest BCUT2D eigenvalue weighted by atomic mass is 10.3. The van der Waals surface area contributed by atoms with Crippen molar-refractivity contribution in [2.45, 2.75) is 13.0 Å². The summed E-state index contributed by atoms with van der Waals surface area (Å²) in [7, 11) is 0. The van der Waals surface area contributed by atoms with Crippen LogP contribution in [0.4, 0.5) is 5.69 Å². The van der Waals surface area contributed by atoms with E-state index in [0.717, 1.165) is 19.1 Å². The van der Waals surface area contributed by atoms with Gasteiger partial charge in [-0.25, -0.2) is 0 Å². The summed E-state index contributed by atoms with van der Waals surface area (Å²) in [6.45, 7) is 2.27. The number of aliphatic hydroxyl groups excluding tert-OH is 1. The molecule has 1 aromatic carbocycles. The van der Waals surface area contributed by atoms with Gasteiger partial charge >= 0.3 is 0 Å². The van der Waals surface area contributed by atoms with Crippen molar-refractivity contribution in [3.05, 3.63) is 25.6 Å². The molecular formula is C9H10Br3NO. The Balaban J connectivity index is 2.86. The molecule has 0 spiro atoms. The van der Waals surface area contributed by atoms with Crippen molar-refractivity contribution in [2.75, 3.05) is 11.9 Å². The third-order valence-electron chi connectivity index (χ3n) is 1.58. The zero-order valence-electron chi connectivity index (χ0n) is 7.52. The Bertz CT molecular complexity index is 305. The third kappa shape index (κ3) is 3.53. The molecular weight excluding hydrogens is 378 g/mol. The lowest BCUT2D eigenvalue weighted by molar-refractivity contribution is 0.208. The van der Waals surface area contributed by atoms with Crippen molar-refractivity contribution < 1.29 is 5.11 Å². The van der Waals surface area contributed by atoms with Crippen molar-refractivity contribution in [3.63, 3.8) is 0 Å². The van der Waals surface area contributed by atoms with Crippen molar-refractivity contribution in [1.29, 1.82) is 0 Å². The summed E-state index contributed by atoms with van der Waals surface area (Å²) in [4.78, 5) is 0. The summed E-state index contributed by atoms with van der Waals surface area (Å²) in [5.41, 5.74) is 0.953. The fourth-order valence-corrected chi connectivity index (χ4v) is 3.50. The first-order valence-electron chi connectivity index (χ1n) is 4.07. The van der Waals surface area contributed by atoms with E-state index in [0.29, 0.717) is 6.54 Å². The number of nitrogens with one attached hydrogen (secondary N) is 1. The number of rotatable bonds is 3. The maximum atomic E-state index is 9.15. The van der Waals surface area contributed by atoms with Crippen molar-refractivity contribution >= 4 is 53.5 Å². The van der Waals surface area contributed by atoms with E-state index in [4.69, 9.17) is 5.11 Å². The van der Waals surface area contributed by atoms with E-state index in [1.165, 1.54) is 0 Å². The van der Waals surface area contributed by atoms with Gasteiger partial charge in [-0.1, -0.05) is 15.9 Å². The molecule has 2 N–H and O–H groups in total. The average molecular weight is 388 g/mol. The lowest BCUT2D eigenvalue weighted by Crippen LogP contribution is -2.15. The molecule has 14 heavy (non-hydrogen) atoms. The predicted molar refractivity (Wildman–Crippen MR) is 69.7 cm³/mol. The van der Waals surface area contributed by atoms with Gasteiger partial charge in [-0.3, -0.25) is 0 Å². The van der Waals surface area contributed by atoms with E-state index in [1.807, 2.05) is 12.1 Å². The van der Waals surface area contributed by atoms with Gasteiger partial charge in [0.25, 0.3) is 0 Å². The number of benzene rings is 1. The number of aliphatic hydroxyl groups is 1. The zero-order valence-corrected chi connectivity index (χ0v) is 12.3. The molecule has 1 aromatic rings. The molecule has 1 unspecified atom stereocenters. The summed E-state index contributed by atoms with van der Waals surface area (Å²) in [6, 6.07) is 3.91. The molecule has 0 aromatic heterocycles. The molecule has 5 heteroatoms. The highest BCUT2D eigenvalue weighted by Crippen LogP contribution is 2.34. The summed E-state index contributed by atoms with van der Waals surface area (Å²) in [6.07, 6.45) is -0.363. The maximum absolute atomic E-state index is 9.15. The first-order chi connectivity index (χ1) is 6.50. The van der Waals surface area contributed by atoms with E-state index in [-0.39, 0.29) is 6.10 Å². The van der Waals surface area contributed by atoms with Crippen LogP contribution in [0.15, 0.2) is 25.6 Å². The van der Waals surface area contributed by atoms with Gasteiger partial charge in [-0.05, 0) is 50.9 Å². The van der Waals surface area contributed by atoms with Crippen LogP contribution in [-0.2, 0) is 0 Å². The minimum absolute atomic E-state index is 0.363. The predicted octanol–water partition coefficient (Wildman–Crippen LogP) is 3.77. The SMILES string of the molecule is CC(O)CNc1c(Br)cc(Br)cc1Br. The van der Waals surface area contributed by atoms with Gasteiger partial charge < -0.3 is 10.4 Å². The molecule has 1 atom stereocenters. The highest BCUT2D eigenvalue weighted by atomic mass is 79.9. The molecule has 0 saturated heterocycles. The van der Waals surface area contributed by atoms with E-state index in [2.05, 4.69) is 53.1 Å². The van der Waals surface area contributed by atoms with Gasteiger partial charge in [0.2, 0.25) is 0 Å². The Morgan fingerprint density at radius 2 is 1.79 bits per heavy atom. The Morgan fingerprint density at radius 3 is 2.21 bits per heavy atom. The van der Waals surface area contributed by atoms with Crippen LogP contribution in [0, 0.1) is 0 Å². The second-order valence-corrected chi connectivity index (χ2v) is 5.60. The van der Waals surface area contributed by atoms with Gasteiger partial charge in [0, 0.05) is 20.0 Å². The minimum atomic E-state index is -0.363. The van der Waals surface area contributed by atoms with E-state index in [9.17, 15) is 0 Å². The van der Waals surface area contributed by atoms with Gasteiger partial charge in [-0.15, -0.1) is 0 Å². The zero-order chi connectivity index (χ0) is 10.7. The highest BCUT2D eigenvalue weighted by molar-refractivity contribution is 9.11. The van der Waals surface area contributed by atoms with E-state index >= 15 is 0 Å². The summed E-state index contributed by atoms with van der Waals surface area (Å²) < 4.78 is 2.91. The van der Waals surface area contributed by atoms with Crippen molar-refractivity contribution in [1.82, 2.24) is 0 Å². The number of hydrogen-bond acceptors (Lipinski definition) is 2. The van der Waals surface area contributed by atoms with Crippen LogP contribution in [0.25, 0.3) is 0 Å². The normalized spacial score (nSPS) is 12.6. The molecule has 0 bridgehead atoms. The molecule has 0 aliphatic rings. The molecule has 78 valence electrons. The Kier molecular flexibility index (Phi) is 4.90. The molecule has 0 fully saturated rings. The van der Waals surface area contributed by atoms with Crippen molar-refractivity contribution in [2.24, 2.45) is 0 Å². The van der Waals surface area contributed by atoms with Crippen LogP contribution >= 0.6 is 47.8 Å². The lowest BCUT2D eigenvalue weighted by Gasteiger charge is -2.12. The van der Waals surface area contributed by atoms with Crippen LogP contribution in [0.2, 0.25) is 0 Å². The fraction of sp³-hybridized carbons (Fsp3) is 0.333. The second-order valence-electron chi connectivity index (χ2n) is 2.97. The minimum Gasteiger partial charge on any atom is -0.392 e. The monoisotopic (exact) mass is 385 g/mol. The van der Waals surface area contributed by atoms with Crippen LogP contribution in [-0.4, -0.2) is 17.8 Å². The van der Waals surface area contributed by atoms with Crippen LogP contribution in [0.1, 0.15) is 6.92 Å². The maximum Gasteiger partial charge on any atom is 0.0684 e. The Labute approximate surface area is 108 Å². The molecule has 1 rings (SSSR count). The van der Waals surface area contributed by atoms with E-state index in [1.54, 1.807) is 6.92 Å². The Morgan fingerprint density at radius 1 is 1.29 bits per heavy atom. The summed E-state index contributed by atoms with van der Waals surface area (Å²) in [5.74, 6) is 0. The van der Waals surface area contributed by atoms with Crippen LogP contribution < -0.4 is 5.32 Å². The van der Waals surface area contributed by atoms with Gasteiger partial charge in [0.05, 0.1) is 11.8 Å². The quantitative estimate of drug-likeness (QED) is 0.827.